The Morgan fingerprint density at radius 2 is 2.18 bits per heavy atom. The molecule has 2 aliphatic heterocycles. The number of nitrogens with one attached hydrogen (secondary N) is 1. The van der Waals surface area contributed by atoms with Crippen LogP contribution in [0, 0.1) is 0 Å². The first-order valence-corrected chi connectivity index (χ1v) is 8.05. The molecule has 1 unspecified atom stereocenters. The van der Waals surface area contributed by atoms with E-state index in [1.54, 1.807) is 4.90 Å². The second-order valence-electron chi connectivity index (χ2n) is 6.43. The SMILES string of the molecule is CC(=O)N1CCCC(O)(C(=O)NCCN2CC=C(C)CC2)C1. The molecular weight excluding hydrogens is 282 g/mol. The third-order valence-corrected chi connectivity index (χ3v) is 4.57. The number of rotatable bonds is 4. The summed E-state index contributed by atoms with van der Waals surface area (Å²) in [7, 11) is 0. The van der Waals surface area contributed by atoms with Crippen LogP contribution in [0.2, 0.25) is 0 Å². The van der Waals surface area contributed by atoms with E-state index in [-0.39, 0.29) is 18.4 Å². The molecule has 6 heteroatoms. The van der Waals surface area contributed by atoms with E-state index < -0.39 is 5.60 Å². The third kappa shape index (κ3) is 4.30. The average Bonchev–Trinajstić information content (AvgIpc) is 2.49. The molecule has 0 radical (unpaired) electrons. The maximum Gasteiger partial charge on any atom is 0.253 e. The lowest BCUT2D eigenvalue weighted by atomic mass is 9.92. The van der Waals surface area contributed by atoms with Crippen molar-refractivity contribution in [3.8, 4) is 0 Å². The number of piperidine rings is 1. The number of likely N-dealkylation sites (tertiary alicyclic amines) is 1. The fraction of sp³-hybridized carbons (Fsp3) is 0.750. The van der Waals surface area contributed by atoms with E-state index >= 15 is 0 Å². The lowest BCUT2D eigenvalue weighted by Crippen LogP contribution is -2.58. The number of hydrogen-bond acceptors (Lipinski definition) is 4. The van der Waals surface area contributed by atoms with Gasteiger partial charge in [-0.2, -0.15) is 0 Å². The number of nitrogens with zero attached hydrogens (tertiary/aromatic N) is 2. The summed E-state index contributed by atoms with van der Waals surface area (Å²) in [6.07, 6.45) is 4.35. The van der Waals surface area contributed by atoms with Crippen LogP contribution in [-0.2, 0) is 9.59 Å². The van der Waals surface area contributed by atoms with E-state index in [1.165, 1.54) is 12.5 Å². The van der Waals surface area contributed by atoms with Crippen molar-refractivity contribution in [1.82, 2.24) is 15.1 Å². The smallest absolute Gasteiger partial charge is 0.253 e. The second-order valence-corrected chi connectivity index (χ2v) is 6.43. The molecule has 1 fully saturated rings. The van der Waals surface area contributed by atoms with E-state index in [0.29, 0.717) is 25.9 Å². The van der Waals surface area contributed by atoms with Crippen LogP contribution in [0.3, 0.4) is 0 Å². The van der Waals surface area contributed by atoms with Gasteiger partial charge in [-0.05, 0) is 26.2 Å². The Morgan fingerprint density at radius 3 is 2.82 bits per heavy atom. The van der Waals surface area contributed by atoms with E-state index in [2.05, 4.69) is 23.2 Å². The van der Waals surface area contributed by atoms with Crippen molar-refractivity contribution in [2.45, 2.75) is 38.7 Å². The van der Waals surface area contributed by atoms with E-state index in [9.17, 15) is 14.7 Å². The molecule has 0 aliphatic carbocycles. The van der Waals surface area contributed by atoms with Gasteiger partial charge >= 0.3 is 0 Å². The highest BCUT2D eigenvalue weighted by Crippen LogP contribution is 2.21. The van der Waals surface area contributed by atoms with Crippen LogP contribution in [0.25, 0.3) is 0 Å². The Hall–Kier alpha value is -1.40. The summed E-state index contributed by atoms with van der Waals surface area (Å²) in [5.41, 5.74) is -0.0244. The fourth-order valence-electron chi connectivity index (χ4n) is 3.00. The molecule has 0 aromatic heterocycles. The van der Waals surface area contributed by atoms with Gasteiger partial charge in [0, 0.05) is 39.6 Å². The Morgan fingerprint density at radius 1 is 1.41 bits per heavy atom. The van der Waals surface area contributed by atoms with Gasteiger partial charge in [0.15, 0.2) is 5.60 Å². The van der Waals surface area contributed by atoms with Gasteiger partial charge in [0.2, 0.25) is 5.91 Å². The number of hydrogen-bond donors (Lipinski definition) is 2. The minimum absolute atomic E-state index is 0.0959. The quantitative estimate of drug-likeness (QED) is 0.724. The Balaban J connectivity index is 1.77. The van der Waals surface area contributed by atoms with Gasteiger partial charge in [0.1, 0.15) is 0 Å². The van der Waals surface area contributed by atoms with Crippen molar-refractivity contribution >= 4 is 11.8 Å². The largest absolute Gasteiger partial charge is 0.378 e. The molecule has 2 heterocycles. The predicted octanol–water partition coefficient (Wildman–Crippen LogP) is 0.128. The first-order chi connectivity index (χ1) is 10.4. The molecule has 2 amide bonds. The van der Waals surface area contributed by atoms with Crippen molar-refractivity contribution in [3.63, 3.8) is 0 Å². The molecule has 2 aliphatic rings. The van der Waals surface area contributed by atoms with E-state index in [0.717, 1.165) is 26.1 Å². The maximum atomic E-state index is 12.3. The highest BCUT2D eigenvalue weighted by molar-refractivity contribution is 5.86. The zero-order valence-corrected chi connectivity index (χ0v) is 13.6. The monoisotopic (exact) mass is 309 g/mol. The third-order valence-electron chi connectivity index (χ3n) is 4.57. The Labute approximate surface area is 132 Å². The number of carbonyl (C=O) groups is 2. The molecule has 0 aromatic carbocycles. The van der Waals surface area contributed by atoms with Crippen LogP contribution in [0.5, 0.6) is 0 Å². The number of amides is 2. The van der Waals surface area contributed by atoms with Gasteiger partial charge in [-0.25, -0.2) is 0 Å². The summed E-state index contributed by atoms with van der Waals surface area (Å²) in [6.45, 7) is 7.55. The maximum absolute atomic E-state index is 12.3. The van der Waals surface area contributed by atoms with Gasteiger partial charge in [0.25, 0.3) is 5.91 Å². The summed E-state index contributed by atoms with van der Waals surface area (Å²) >= 11 is 0. The topological polar surface area (TPSA) is 72.9 Å². The Kier molecular flexibility index (Phi) is 5.58. The lowest BCUT2D eigenvalue weighted by Gasteiger charge is -2.37. The summed E-state index contributed by atoms with van der Waals surface area (Å²) in [5.74, 6) is -0.455. The van der Waals surface area contributed by atoms with Crippen molar-refractivity contribution in [2.75, 3.05) is 39.3 Å². The summed E-state index contributed by atoms with van der Waals surface area (Å²) in [4.78, 5) is 27.5. The van der Waals surface area contributed by atoms with Crippen molar-refractivity contribution in [2.24, 2.45) is 0 Å². The van der Waals surface area contributed by atoms with E-state index in [4.69, 9.17) is 0 Å². The molecule has 6 nitrogen and oxygen atoms in total. The number of carbonyl (C=O) groups excluding carboxylic acids is 2. The summed E-state index contributed by atoms with van der Waals surface area (Å²) < 4.78 is 0. The zero-order valence-electron chi connectivity index (χ0n) is 13.6. The normalized spacial score (nSPS) is 26.5. The van der Waals surface area contributed by atoms with Crippen LogP contribution in [0.15, 0.2) is 11.6 Å². The molecular formula is C16H27N3O3. The number of aliphatic hydroxyl groups is 1. The van der Waals surface area contributed by atoms with Gasteiger partial charge in [0.05, 0.1) is 6.54 Å². The molecule has 0 saturated carbocycles. The summed E-state index contributed by atoms with van der Waals surface area (Å²) in [6, 6.07) is 0. The molecule has 124 valence electrons. The molecule has 2 N–H and O–H groups in total. The van der Waals surface area contributed by atoms with Crippen LogP contribution < -0.4 is 5.32 Å². The zero-order chi connectivity index (χ0) is 16.2. The first-order valence-electron chi connectivity index (χ1n) is 8.05. The van der Waals surface area contributed by atoms with Gasteiger partial charge in [-0.3, -0.25) is 14.5 Å². The average molecular weight is 309 g/mol. The minimum Gasteiger partial charge on any atom is -0.378 e. The molecule has 0 bridgehead atoms. The summed E-state index contributed by atoms with van der Waals surface area (Å²) in [5, 5.41) is 13.3. The molecule has 22 heavy (non-hydrogen) atoms. The van der Waals surface area contributed by atoms with Crippen LogP contribution in [-0.4, -0.2) is 71.6 Å². The fourth-order valence-corrected chi connectivity index (χ4v) is 3.00. The van der Waals surface area contributed by atoms with Gasteiger partial charge < -0.3 is 15.3 Å². The Bertz CT molecular complexity index is 464. The van der Waals surface area contributed by atoms with Gasteiger partial charge in [-0.15, -0.1) is 0 Å². The second kappa shape index (κ2) is 7.24. The first kappa shape index (κ1) is 17.0. The minimum atomic E-state index is -1.44. The highest BCUT2D eigenvalue weighted by atomic mass is 16.3. The van der Waals surface area contributed by atoms with Crippen LogP contribution >= 0.6 is 0 Å². The van der Waals surface area contributed by atoms with Crippen LogP contribution in [0.1, 0.15) is 33.1 Å². The standard InChI is InChI=1S/C16H27N3O3/c1-13-4-9-18(10-5-13)11-7-17-15(21)16(22)6-3-8-19(12-16)14(2)20/h4,22H,3,5-12H2,1-2H3,(H,17,21). The van der Waals surface area contributed by atoms with Crippen molar-refractivity contribution < 1.29 is 14.7 Å². The van der Waals surface area contributed by atoms with E-state index in [1.807, 2.05) is 0 Å². The molecule has 0 aromatic rings. The predicted molar refractivity (Wildman–Crippen MR) is 84.3 cm³/mol. The highest BCUT2D eigenvalue weighted by Gasteiger charge is 2.40. The molecule has 1 saturated heterocycles. The lowest BCUT2D eigenvalue weighted by molar-refractivity contribution is -0.150. The molecule has 2 rings (SSSR count). The molecule has 0 spiro atoms. The number of β-amino-alcohol motifs (C(OH)–C–C–N with tert-alkyl or cyclic N) is 1. The van der Waals surface area contributed by atoms with Crippen molar-refractivity contribution in [1.29, 1.82) is 0 Å². The van der Waals surface area contributed by atoms with Crippen molar-refractivity contribution in [3.05, 3.63) is 11.6 Å². The van der Waals surface area contributed by atoms with Gasteiger partial charge in [-0.1, -0.05) is 11.6 Å². The van der Waals surface area contributed by atoms with Crippen LogP contribution in [0.4, 0.5) is 0 Å². The molecule has 1 atom stereocenters.